The van der Waals surface area contributed by atoms with Crippen LogP contribution in [0.2, 0.25) is 0 Å². The zero-order valence-corrected chi connectivity index (χ0v) is 12.0. The molecule has 0 aromatic heterocycles. The maximum absolute atomic E-state index is 13.2. The van der Waals surface area contributed by atoms with Crippen molar-refractivity contribution >= 4 is 0 Å². The molecule has 1 nitrogen and oxygen atoms in total. The molecule has 1 heterocycles. The quantitative estimate of drug-likeness (QED) is 0.635. The Morgan fingerprint density at radius 2 is 1.26 bits per heavy atom. The van der Waals surface area contributed by atoms with Gasteiger partial charge in [-0.1, -0.05) is 6.42 Å². The van der Waals surface area contributed by atoms with Crippen LogP contribution < -0.4 is 0 Å². The van der Waals surface area contributed by atoms with Crippen LogP contribution in [0, 0.1) is 0 Å². The highest BCUT2D eigenvalue weighted by Gasteiger charge is 2.63. The second-order valence-corrected chi connectivity index (χ2v) is 5.96. The number of halogens is 10. The molecule has 1 aliphatic rings. The first-order valence-electron chi connectivity index (χ1n) is 6.66. The number of likely N-dealkylation sites (tertiary alicyclic amines) is 1. The summed E-state index contributed by atoms with van der Waals surface area (Å²) in [6, 6.07) is 0. The number of hydrogen-bond acceptors (Lipinski definition) is 1. The second kappa shape index (κ2) is 5.96. The van der Waals surface area contributed by atoms with E-state index < -0.39 is 49.2 Å². The van der Waals surface area contributed by atoms with Gasteiger partial charge >= 0.3 is 24.2 Å². The van der Waals surface area contributed by atoms with Crippen LogP contribution in [0.25, 0.3) is 0 Å². The molecule has 0 amide bonds. The van der Waals surface area contributed by atoms with Gasteiger partial charge in [-0.2, -0.15) is 43.9 Å². The predicted octanol–water partition coefficient (Wildman–Crippen LogP) is 5.02. The fraction of sp³-hybridized carbons (Fsp3) is 1.00. The van der Waals surface area contributed by atoms with Gasteiger partial charge in [0.05, 0.1) is 6.54 Å². The van der Waals surface area contributed by atoms with Crippen molar-refractivity contribution in [3.8, 4) is 0 Å². The van der Waals surface area contributed by atoms with Gasteiger partial charge in [-0.15, -0.1) is 0 Å². The van der Waals surface area contributed by atoms with Crippen molar-refractivity contribution in [1.82, 2.24) is 4.90 Å². The molecule has 1 atom stereocenters. The molecule has 0 aromatic rings. The van der Waals surface area contributed by atoms with Gasteiger partial charge in [0.25, 0.3) is 0 Å². The third-order valence-electron chi connectivity index (χ3n) is 3.98. The zero-order chi connectivity index (χ0) is 18.3. The van der Waals surface area contributed by atoms with E-state index in [-0.39, 0.29) is 19.3 Å². The summed E-state index contributed by atoms with van der Waals surface area (Å²) in [5, 5.41) is 0. The summed E-state index contributed by atoms with van der Waals surface area (Å²) in [7, 11) is 0. The van der Waals surface area contributed by atoms with E-state index in [4.69, 9.17) is 0 Å². The lowest BCUT2D eigenvalue weighted by Crippen LogP contribution is -2.59. The highest BCUT2D eigenvalue weighted by atomic mass is 19.4. The van der Waals surface area contributed by atoms with Crippen LogP contribution >= 0.6 is 0 Å². The Bertz CT molecular complexity index is 413. The van der Waals surface area contributed by atoms with Crippen LogP contribution in [0.15, 0.2) is 0 Å². The predicted molar refractivity (Wildman–Crippen MR) is 60.5 cm³/mol. The molecule has 0 spiro atoms. The van der Waals surface area contributed by atoms with E-state index in [0.717, 1.165) is 6.92 Å². The Kier molecular flexibility index (Phi) is 5.26. The van der Waals surface area contributed by atoms with Crippen molar-refractivity contribution in [2.45, 2.75) is 62.3 Å². The van der Waals surface area contributed by atoms with Crippen molar-refractivity contribution in [2.75, 3.05) is 13.1 Å². The van der Waals surface area contributed by atoms with Gasteiger partial charge in [0.2, 0.25) is 0 Å². The highest BCUT2D eigenvalue weighted by molar-refractivity contribution is 4.98. The molecule has 0 saturated carbocycles. The molecule has 0 bridgehead atoms. The zero-order valence-electron chi connectivity index (χ0n) is 12.0. The smallest absolute Gasteiger partial charge is 0.291 e. The summed E-state index contributed by atoms with van der Waals surface area (Å²) in [5.41, 5.74) is -2.11. The van der Waals surface area contributed by atoms with E-state index in [0.29, 0.717) is 4.90 Å². The molecule has 1 fully saturated rings. The number of rotatable bonds is 4. The van der Waals surface area contributed by atoms with Crippen LogP contribution in [0.5, 0.6) is 0 Å². The van der Waals surface area contributed by atoms with Gasteiger partial charge in [-0.05, 0) is 26.3 Å². The molecule has 0 N–H and O–H groups in total. The van der Waals surface area contributed by atoms with E-state index in [9.17, 15) is 43.9 Å². The van der Waals surface area contributed by atoms with Gasteiger partial charge in [-0.3, -0.25) is 4.90 Å². The largest absolute Gasteiger partial charge is 0.454 e. The molecule has 1 aliphatic heterocycles. The van der Waals surface area contributed by atoms with E-state index in [2.05, 4.69) is 0 Å². The summed E-state index contributed by atoms with van der Waals surface area (Å²) in [6.07, 6.45) is -13.7. The standard InChI is InChI=1S/C12H15F10N/c1-8(6-9(13,14)11(17,18)19)4-2-3-5-23(8)7-10(15,16)12(20,21)22/h2-7H2,1H3. The fourth-order valence-electron chi connectivity index (χ4n) is 2.61. The van der Waals surface area contributed by atoms with E-state index in [1.165, 1.54) is 0 Å². The molecule has 11 heteroatoms. The Morgan fingerprint density at radius 3 is 1.70 bits per heavy atom. The Morgan fingerprint density at radius 1 is 0.783 bits per heavy atom. The molecule has 23 heavy (non-hydrogen) atoms. The summed E-state index contributed by atoms with van der Waals surface area (Å²) < 4.78 is 127. The summed E-state index contributed by atoms with van der Waals surface area (Å²) in [6.45, 7) is -1.49. The molecule has 0 radical (unpaired) electrons. The number of nitrogens with zero attached hydrogens (tertiary/aromatic N) is 1. The van der Waals surface area contributed by atoms with Crippen molar-refractivity contribution in [1.29, 1.82) is 0 Å². The third kappa shape index (κ3) is 4.42. The summed E-state index contributed by atoms with van der Waals surface area (Å²) in [5.74, 6) is -10.4. The molecular formula is C12H15F10N. The SMILES string of the molecule is CC1(CC(F)(F)C(F)(F)F)CCCCN1CC(F)(F)C(F)(F)F. The van der Waals surface area contributed by atoms with Crippen LogP contribution in [0.1, 0.15) is 32.6 Å². The normalized spacial score (nSPS) is 25.7. The van der Waals surface area contributed by atoms with Gasteiger partial charge in [0, 0.05) is 12.0 Å². The minimum atomic E-state index is -5.90. The fourth-order valence-corrected chi connectivity index (χ4v) is 2.61. The summed E-state index contributed by atoms with van der Waals surface area (Å²) in [4.78, 5) is 0.393. The molecule has 0 aromatic carbocycles. The lowest BCUT2D eigenvalue weighted by molar-refractivity contribution is -0.304. The Hall–Kier alpha value is -0.740. The van der Waals surface area contributed by atoms with Crippen LogP contribution in [-0.4, -0.2) is 47.7 Å². The minimum Gasteiger partial charge on any atom is -0.291 e. The van der Waals surface area contributed by atoms with Crippen molar-refractivity contribution in [3.05, 3.63) is 0 Å². The minimum absolute atomic E-state index is 0.140. The van der Waals surface area contributed by atoms with Gasteiger partial charge in [0.1, 0.15) is 0 Å². The van der Waals surface area contributed by atoms with E-state index >= 15 is 0 Å². The van der Waals surface area contributed by atoms with E-state index in [1.807, 2.05) is 0 Å². The molecule has 1 saturated heterocycles. The second-order valence-electron chi connectivity index (χ2n) is 5.96. The van der Waals surface area contributed by atoms with Crippen LogP contribution in [0.3, 0.4) is 0 Å². The topological polar surface area (TPSA) is 3.24 Å². The van der Waals surface area contributed by atoms with Gasteiger partial charge in [0.15, 0.2) is 0 Å². The number of alkyl halides is 10. The molecule has 0 aliphatic carbocycles. The van der Waals surface area contributed by atoms with Crippen LogP contribution in [0.4, 0.5) is 43.9 Å². The van der Waals surface area contributed by atoms with Gasteiger partial charge < -0.3 is 0 Å². The lowest BCUT2D eigenvalue weighted by atomic mass is 9.82. The average Bonchev–Trinajstić information content (AvgIpc) is 2.28. The molecule has 1 rings (SSSR count). The lowest BCUT2D eigenvalue weighted by Gasteiger charge is -2.47. The Balaban J connectivity index is 3.02. The van der Waals surface area contributed by atoms with Gasteiger partial charge in [-0.25, -0.2) is 0 Å². The van der Waals surface area contributed by atoms with Crippen molar-refractivity contribution < 1.29 is 43.9 Å². The molecule has 1 unspecified atom stereocenters. The number of hydrogen-bond donors (Lipinski definition) is 0. The monoisotopic (exact) mass is 363 g/mol. The number of piperidine rings is 1. The maximum Gasteiger partial charge on any atom is 0.454 e. The maximum atomic E-state index is 13.2. The third-order valence-corrected chi connectivity index (χ3v) is 3.98. The van der Waals surface area contributed by atoms with Crippen molar-refractivity contribution in [3.63, 3.8) is 0 Å². The first kappa shape index (κ1) is 20.3. The van der Waals surface area contributed by atoms with Crippen molar-refractivity contribution in [2.24, 2.45) is 0 Å². The van der Waals surface area contributed by atoms with E-state index in [1.54, 1.807) is 0 Å². The molecular weight excluding hydrogens is 348 g/mol. The first-order valence-corrected chi connectivity index (χ1v) is 6.66. The Labute approximate surface area is 125 Å². The highest BCUT2D eigenvalue weighted by Crippen LogP contribution is 2.46. The molecule has 138 valence electrons. The average molecular weight is 363 g/mol. The summed E-state index contributed by atoms with van der Waals surface area (Å²) >= 11 is 0. The van der Waals surface area contributed by atoms with Crippen LogP contribution in [-0.2, 0) is 0 Å². The first-order chi connectivity index (χ1) is 10.0.